The summed E-state index contributed by atoms with van der Waals surface area (Å²) in [6.07, 6.45) is 0. The van der Waals surface area contributed by atoms with Gasteiger partial charge in [-0.05, 0) is 30.7 Å². The van der Waals surface area contributed by atoms with Gasteiger partial charge in [-0.3, -0.25) is 9.59 Å². The second-order valence-electron chi connectivity index (χ2n) is 6.05. The molecular formula is C16H20N2O4. The molecule has 1 aromatic rings. The lowest BCUT2D eigenvalue weighted by Crippen LogP contribution is -2.45. The molecule has 2 saturated heterocycles. The number of carbonyl (C=O) groups is 2. The van der Waals surface area contributed by atoms with Crippen LogP contribution >= 0.6 is 0 Å². The van der Waals surface area contributed by atoms with Crippen molar-refractivity contribution in [2.75, 3.05) is 33.4 Å². The Bertz CT molecular complexity index is 616. The number of amides is 2. The second-order valence-corrected chi connectivity index (χ2v) is 6.05. The second kappa shape index (κ2) is 5.61. The molecule has 0 unspecified atom stereocenters. The molecule has 0 spiro atoms. The normalized spacial score (nSPS) is 25.1. The first-order valence-corrected chi connectivity index (χ1v) is 7.40. The van der Waals surface area contributed by atoms with Crippen LogP contribution in [0.4, 0.5) is 0 Å². The van der Waals surface area contributed by atoms with Crippen LogP contribution in [0.2, 0.25) is 0 Å². The third-order valence-electron chi connectivity index (χ3n) is 4.47. The molecule has 0 radical (unpaired) electrons. The molecule has 2 aliphatic rings. The number of aromatic hydroxyl groups is 1. The van der Waals surface area contributed by atoms with Crippen molar-refractivity contribution in [3.63, 3.8) is 0 Å². The summed E-state index contributed by atoms with van der Waals surface area (Å²) in [4.78, 5) is 28.6. The fourth-order valence-corrected chi connectivity index (χ4v) is 3.12. The number of phenols is 1. The highest BCUT2D eigenvalue weighted by Crippen LogP contribution is 2.23. The Hall–Kier alpha value is -2.08. The molecule has 2 bridgehead atoms. The predicted molar refractivity (Wildman–Crippen MR) is 79.6 cm³/mol. The van der Waals surface area contributed by atoms with E-state index in [-0.39, 0.29) is 29.5 Å². The molecule has 6 heteroatoms. The Morgan fingerprint density at radius 1 is 1.32 bits per heavy atom. The van der Waals surface area contributed by atoms with Crippen LogP contribution in [0.5, 0.6) is 5.75 Å². The van der Waals surface area contributed by atoms with Gasteiger partial charge in [-0.25, -0.2) is 0 Å². The number of aryl methyl sites for hydroxylation is 1. The van der Waals surface area contributed by atoms with E-state index < -0.39 is 0 Å². The fraction of sp³-hybridized carbons (Fsp3) is 0.500. The summed E-state index contributed by atoms with van der Waals surface area (Å²) in [6, 6.07) is 4.61. The third-order valence-corrected chi connectivity index (χ3v) is 4.47. The SMILES string of the molecule is Cc1cc(O)ccc1C(=O)N1C[C@@H]2COC[C@H](C1)N(C)C2=O. The summed E-state index contributed by atoms with van der Waals surface area (Å²) >= 11 is 0. The van der Waals surface area contributed by atoms with Gasteiger partial charge in [0, 0.05) is 25.7 Å². The van der Waals surface area contributed by atoms with Crippen LogP contribution in [-0.4, -0.2) is 66.1 Å². The lowest BCUT2D eigenvalue weighted by molar-refractivity contribution is -0.133. The quantitative estimate of drug-likeness (QED) is 0.826. The molecule has 22 heavy (non-hydrogen) atoms. The highest BCUT2D eigenvalue weighted by Gasteiger charge is 2.39. The summed E-state index contributed by atoms with van der Waals surface area (Å²) in [5.74, 6) is -0.221. The number of carbonyl (C=O) groups excluding carboxylic acids is 2. The molecule has 2 atom stereocenters. The van der Waals surface area contributed by atoms with Gasteiger partial charge >= 0.3 is 0 Å². The van der Waals surface area contributed by atoms with Crippen LogP contribution in [0.1, 0.15) is 15.9 Å². The van der Waals surface area contributed by atoms with Gasteiger partial charge in [-0.1, -0.05) is 0 Å². The van der Waals surface area contributed by atoms with Crippen LogP contribution in [0.25, 0.3) is 0 Å². The molecule has 3 rings (SSSR count). The van der Waals surface area contributed by atoms with E-state index in [1.54, 1.807) is 35.9 Å². The first-order valence-electron chi connectivity index (χ1n) is 7.40. The number of likely N-dealkylation sites (N-methyl/N-ethyl adjacent to an activating group) is 1. The summed E-state index contributed by atoms with van der Waals surface area (Å²) in [7, 11) is 1.77. The number of phenolic OH excluding ortho intramolecular Hbond substituents is 1. The van der Waals surface area contributed by atoms with Gasteiger partial charge in [0.25, 0.3) is 5.91 Å². The van der Waals surface area contributed by atoms with Crippen molar-refractivity contribution in [1.29, 1.82) is 0 Å². The van der Waals surface area contributed by atoms with Crippen LogP contribution in [0, 0.1) is 12.8 Å². The number of benzene rings is 1. The van der Waals surface area contributed by atoms with E-state index in [1.165, 1.54) is 6.07 Å². The average Bonchev–Trinajstić information content (AvgIpc) is 2.64. The van der Waals surface area contributed by atoms with E-state index in [4.69, 9.17) is 4.74 Å². The van der Waals surface area contributed by atoms with E-state index in [0.29, 0.717) is 31.9 Å². The minimum atomic E-state index is -0.307. The number of rotatable bonds is 1. The molecule has 1 N–H and O–H groups in total. The number of fused-ring (bicyclic) bond motifs is 3. The summed E-state index contributed by atoms with van der Waals surface area (Å²) in [6.45, 7) is 3.46. The molecule has 0 aliphatic carbocycles. The van der Waals surface area contributed by atoms with Crippen molar-refractivity contribution in [2.24, 2.45) is 5.92 Å². The molecular weight excluding hydrogens is 284 g/mol. The van der Waals surface area contributed by atoms with Gasteiger partial charge in [0.15, 0.2) is 0 Å². The van der Waals surface area contributed by atoms with Crippen molar-refractivity contribution in [2.45, 2.75) is 13.0 Å². The van der Waals surface area contributed by atoms with Crippen molar-refractivity contribution in [3.8, 4) is 5.75 Å². The fourth-order valence-electron chi connectivity index (χ4n) is 3.12. The first kappa shape index (κ1) is 14.8. The summed E-state index contributed by atoms with van der Waals surface area (Å²) in [5.41, 5.74) is 1.30. The van der Waals surface area contributed by atoms with E-state index in [0.717, 1.165) is 5.56 Å². The van der Waals surface area contributed by atoms with E-state index >= 15 is 0 Å². The molecule has 6 nitrogen and oxygen atoms in total. The molecule has 2 aliphatic heterocycles. The van der Waals surface area contributed by atoms with Crippen molar-refractivity contribution in [3.05, 3.63) is 29.3 Å². The van der Waals surface area contributed by atoms with Crippen LogP contribution < -0.4 is 0 Å². The lowest BCUT2D eigenvalue weighted by atomic mass is 10.1. The van der Waals surface area contributed by atoms with Crippen molar-refractivity contribution < 1.29 is 19.4 Å². The van der Waals surface area contributed by atoms with Gasteiger partial charge in [-0.15, -0.1) is 0 Å². The van der Waals surface area contributed by atoms with Crippen LogP contribution in [0.15, 0.2) is 18.2 Å². The van der Waals surface area contributed by atoms with Crippen molar-refractivity contribution >= 4 is 11.8 Å². The molecule has 118 valence electrons. The maximum absolute atomic E-state index is 12.8. The molecule has 2 amide bonds. The molecule has 0 saturated carbocycles. The van der Waals surface area contributed by atoms with Gasteiger partial charge in [-0.2, -0.15) is 0 Å². The Kier molecular flexibility index (Phi) is 3.78. The standard InChI is InChI=1S/C16H20N2O4/c1-10-5-13(19)3-4-14(10)16(21)18-6-11-8-22-9-12(7-18)17(2)15(11)20/h3-5,11-12,19H,6-9H2,1-2H3/t11-,12+/m1/s1. The molecule has 0 aromatic heterocycles. The number of hydrogen-bond acceptors (Lipinski definition) is 4. The average molecular weight is 304 g/mol. The van der Waals surface area contributed by atoms with Crippen molar-refractivity contribution in [1.82, 2.24) is 9.80 Å². The van der Waals surface area contributed by atoms with Gasteiger partial charge in [0.2, 0.25) is 5.91 Å². The zero-order valence-electron chi connectivity index (χ0n) is 12.8. The highest BCUT2D eigenvalue weighted by atomic mass is 16.5. The van der Waals surface area contributed by atoms with E-state index in [1.807, 2.05) is 0 Å². The zero-order chi connectivity index (χ0) is 15.9. The number of hydrogen-bond donors (Lipinski definition) is 1. The van der Waals surface area contributed by atoms with Gasteiger partial charge < -0.3 is 19.6 Å². The lowest BCUT2D eigenvalue weighted by Gasteiger charge is -2.29. The van der Waals surface area contributed by atoms with Crippen LogP contribution in [0.3, 0.4) is 0 Å². The topological polar surface area (TPSA) is 70.1 Å². The summed E-state index contributed by atoms with van der Waals surface area (Å²) in [5, 5.41) is 9.48. The Morgan fingerprint density at radius 3 is 2.82 bits per heavy atom. The Morgan fingerprint density at radius 2 is 2.09 bits per heavy atom. The largest absolute Gasteiger partial charge is 0.508 e. The van der Waals surface area contributed by atoms with Gasteiger partial charge in [0.05, 0.1) is 25.2 Å². The minimum Gasteiger partial charge on any atom is -0.508 e. The number of nitrogens with zero attached hydrogens (tertiary/aromatic N) is 2. The van der Waals surface area contributed by atoms with E-state index in [2.05, 4.69) is 0 Å². The van der Waals surface area contributed by atoms with Gasteiger partial charge in [0.1, 0.15) is 5.75 Å². The molecule has 2 fully saturated rings. The number of ether oxygens (including phenoxy) is 1. The third kappa shape index (κ3) is 2.54. The Labute approximate surface area is 129 Å². The Balaban J connectivity index is 1.88. The maximum atomic E-state index is 12.8. The zero-order valence-corrected chi connectivity index (χ0v) is 12.8. The minimum absolute atomic E-state index is 0.0419. The summed E-state index contributed by atoms with van der Waals surface area (Å²) < 4.78 is 5.54. The maximum Gasteiger partial charge on any atom is 0.254 e. The van der Waals surface area contributed by atoms with E-state index in [9.17, 15) is 14.7 Å². The van der Waals surface area contributed by atoms with Crippen LogP contribution in [-0.2, 0) is 9.53 Å². The molecule has 1 aromatic carbocycles. The monoisotopic (exact) mass is 304 g/mol. The predicted octanol–water partition coefficient (Wildman–Crippen LogP) is 0.630. The molecule has 2 heterocycles. The first-order chi connectivity index (χ1) is 10.5. The smallest absolute Gasteiger partial charge is 0.254 e. The highest BCUT2D eigenvalue weighted by molar-refractivity contribution is 5.96.